The number of likely N-dealkylation sites (tertiary alicyclic amines) is 1. The lowest BCUT2D eigenvalue weighted by atomic mass is 10.1. The van der Waals surface area contributed by atoms with Crippen LogP contribution in [-0.2, 0) is 9.47 Å². The SMILES string of the molecule is CC(C)(C)OC(=O)N1CCC[C@@H](OC(F)(F)F)C1. The van der Waals surface area contributed by atoms with Crippen LogP contribution in [0.15, 0.2) is 0 Å². The Labute approximate surface area is 104 Å². The molecule has 1 aliphatic heterocycles. The standard InChI is InChI=1S/C11H18F3NO3/c1-10(2,3)18-9(16)15-6-4-5-8(7-15)17-11(12,13)14/h8H,4-7H2,1-3H3/t8-/m1/s1. The van der Waals surface area contributed by atoms with Gasteiger partial charge in [0.05, 0.1) is 12.6 Å². The summed E-state index contributed by atoms with van der Waals surface area (Å²) in [6.45, 7) is 5.43. The molecule has 0 N–H and O–H groups in total. The van der Waals surface area contributed by atoms with E-state index in [0.717, 1.165) is 0 Å². The molecule has 1 rings (SSSR count). The molecule has 1 aliphatic rings. The van der Waals surface area contributed by atoms with Crippen molar-refractivity contribution in [3.63, 3.8) is 0 Å². The Hall–Kier alpha value is -0.980. The van der Waals surface area contributed by atoms with Crippen molar-refractivity contribution in [2.45, 2.75) is 51.7 Å². The summed E-state index contributed by atoms with van der Waals surface area (Å²) in [6.07, 6.45) is -5.51. The first-order valence-electron chi connectivity index (χ1n) is 5.79. The van der Waals surface area contributed by atoms with E-state index in [0.29, 0.717) is 19.4 Å². The second kappa shape index (κ2) is 5.34. The Morgan fingerprint density at radius 2 is 1.89 bits per heavy atom. The lowest BCUT2D eigenvalue weighted by Crippen LogP contribution is -2.46. The first kappa shape index (κ1) is 15.1. The molecule has 0 saturated carbocycles. The van der Waals surface area contributed by atoms with E-state index >= 15 is 0 Å². The Balaban J connectivity index is 2.51. The molecule has 1 amide bonds. The van der Waals surface area contributed by atoms with Crippen LogP contribution in [0, 0.1) is 0 Å². The fourth-order valence-corrected chi connectivity index (χ4v) is 1.72. The number of ether oxygens (including phenoxy) is 2. The molecule has 4 nitrogen and oxygen atoms in total. The first-order chi connectivity index (χ1) is 8.07. The number of carbonyl (C=O) groups is 1. The van der Waals surface area contributed by atoms with Crippen LogP contribution < -0.4 is 0 Å². The summed E-state index contributed by atoms with van der Waals surface area (Å²) in [5.74, 6) is 0. The Morgan fingerprint density at radius 3 is 2.39 bits per heavy atom. The predicted octanol–water partition coefficient (Wildman–Crippen LogP) is 2.92. The number of rotatable bonds is 1. The quantitative estimate of drug-likeness (QED) is 0.734. The molecule has 0 spiro atoms. The van der Waals surface area contributed by atoms with Crippen LogP contribution >= 0.6 is 0 Å². The van der Waals surface area contributed by atoms with E-state index in [1.165, 1.54) is 4.90 Å². The lowest BCUT2D eigenvalue weighted by molar-refractivity contribution is -0.345. The van der Waals surface area contributed by atoms with Crippen molar-refractivity contribution in [1.29, 1.82) is 0 Å². The van der Waals surface area contributed by atoms with Gasteiger partial charge in [-0.3, -0.25) is 4.74 Å². The van der Waals surface area contributed by atoms with Crippen LogP contribution in [-0.4, -0.2) is 42.2 Å². The molecule has 1 fully saturated rings. The zero-order chi connectivity index (χ0) is 14.0. The largest absolute Gasteiger partial charge is 0.522 e. The number of hydrogen-bond donors (Lipinski definition) is 0. The van der Waals surface area contributed by atoms with Gasteiger partial charge in [0, 0.05) is 6.54 Å². The Bertz CT molecular complexity index is 299. The third kappa shape index (κ3) is 5.57. The number of carbonyl (C=O) groups excluding carboxylic acids is 1. The van der Waals surface area contributed by atoms with E-state index in [2.05, 4.69) is 4.74 Å². The molecule has 0 aromatic heterocycles. The van der Waals surface area contributed by atoms with Gasteiger partial charge in [0.15, 0.2) is 0 Å². The summed E-state index contributed by atoms with van der Waals surface area (Å²) in [5, 5.41) is 0. The molecule has 0 aromatic carbocycles. The highest BCUT2D eigenvalue weighted by atomic mass is 19.4. The van der Waals surface area contributed by atoms with Crippen molar-refractivity contribution >= 4 is 6.09 Å². The van der Waals surface area contributed by atoms with Crippen molar-refractivity contribution in [3.8, 4) is 0 Å². The fraction of sp³-hybridized carbons (Fsp3) is 0.909. The first-order valence-corrected chi connectivity index (χ1v) is 5.79. The van der Waals surface area contributed by atoms with Crippen LogP contribution in [0.25, 0.3) is 0 Å². The second-order valence-corrected chi connectivity index (χ2v) is 5.25. The van der Waals surface area contributed by atoms with Crippen molar-refractivity contribution < 1.29 is 27.4 Å². The summed E-state index contributed by atoms with van der Waals surface area (Å²) in [4.78, 5) is 12.9. The molecule has 106 valence electrons. The average molecular weight is 269 g/mol. The van der Waals surface area contributed by atoms with E-state index in [1.54, 1.807) is 20.8 Å². The van der Waals surface area contributed by atoms with Gasteiger partial charge in [-0.1, -0.05) is 0 Å². The topological polar surface area (TPSA) is 38.8 Å². The van der Waals surface area contributed by atoms with Crippen LogP contribution in [0.2, 0.25) is 0 Å². The van der Waals surface area contributed by atoms with Gasteiger partial charge in [0.1, 0.15) is 5.60 Å². The smallest absolute Gasteiger partial charge is 0.444 e. The number of amides is 1. The highest BCUT2D eigenvalue weighted by Gasteiger charge is 2.37. The van der Waals surface area contributed by atoms with Gasteiger partial charge in [-0.05, 0) is 33.6 Å². The molecule has 0 aliphatic carbocycles. The third-order valence-corrected chi connectivity index (χ3v) is 2.33. The number of hydrogen-bond acceptors (Lipinski definition) is 3. The fourth-order valence-electron chi connectivity index (χ4n) is 1.72. The zero-order valence-electron chi connectivity index (χ0n) is 10.7. The number of piperidine rings is 1. The minimum atomic E-state index is -4.67. The molecule has 1 heterocycles. The lowest BCUT2D eigenvalue weighted by Gasteiger charge is -2.34. The molecule has 1 atom stereocenters. The van der Waals surface area contributed by atoms with E-state index < -0.39 is 24.2 Å². The second-order valence-electron chi connectivity index (χ2n) is 5.25. The minimum Gasteiger partial charge on any atom is -0.444 e. The van der Waals surface area contributed by atoms with Gasteiger partial charge < -0.3 is 9.64 Å². The van der Waals surface area contributed by atoms with Crippen molar-refractivity contribution in [1.82, 2.24) is 4.90 Å². The highest BCUT2D eigenvalue weighted by Crippen LogP contribution is 2.24. The molecule has 0 bridgehead atoms. The van der Waals surface area contributed by atoms with E-state index in [1.807, 2.05) is 0 Å². The molecule has 18 heavy (non-hydrogen) atoms. The predicted molar refractivity (Wildman–Crippen MR) is 58.0 cm³/mol. The van der Waals surface area contributed by atoms with Crippen LogP contribution in [0.5, 0.6) is 0 Å². The van der Waals surface area contributed by atoms with E-state index in [9.17, 15) is 18.0 Å². The molecule has 1 saturated heterocycles. The zero-order valence-corrected chi connectivity index (χ0v) is 10.7. The van der Waals surface area contributed by atoms with Crippen LogP contribution in [0.3, 0.4) is 0 Å². The maximum Gasteiger partial charge on any atom is 0.522 e. The summed E-state index contributed by atoms with van der Waals surface area (Å²) < 4.78 is 45.3. The van der Waals surface area contributed by atoms with Crippen LogP contribution in [0.1, 0.15) is 33.6 Å². The maximum absolute atomic E-state index is 12.1. The monoisotopic (exact) mass is 269 g/mol. The Kier molecular flexibility index (Phi) is 4.47. The molecule has 0 aromatic rings. The normalized spacial score (nSPS) is 21.9. The van der Waals surface area contributed by atoms with Crippen LogP contribution in [0.4, 0.5) is 18.0 Å². The minimum absolute atomic E-state index is 0.0889. The summed E-state index contributed by atoms with van der Waals surface area (Å²) in [7, 11) is 0. The van der Waals surface area contributed by atoms with Crippen molar-refractivity contribution in [2.24, 2.45) is 0 Å². The molecule has 0 radical (unpaired) electrons. The van der Waals surface area contributed by atoms with Gasteiger partial charge in [0.2, 0.25) is 0 Å². The van der Waals surface area contributed by atoms with Gasteiger partial charge >= 0.3 is 12.5 Å². The maximum atomic E-state index is 12.1. The van der Waals surface area contributed by atoms with Gasteiger partial charge in [-0.25, -0.2) is 4.79 Å². The summed E-state index contributed by atoms with van der Waals surface area (Å²) >= 11 is 0. The molecular weight excluding hydrogens is 251 g/mol. The van der Waals surface area contributed by atoms with Gasteiger partial charge in [-0.2, -0.15) is 0 Å². The number of alkyl halides is 3. The molecule has 0 unspecified atom stereocenters. The average Bonchev–Trinajstić information content (AvgIpc) is 2.12. The highest BCUT2D eigenvalue weighted by molar-refractivity contribution is 5.68. The van der Waals surface area contributed by atoms with Crippen molar-refractivity contribution in [2.75, 3.05) is 13.1 Å². The van der Waals surface area contributed by atoms with Crippen molar-refractivity contribution in [3.05, 3.63) is 0 Å². The number of nitrogens with zero attached hydrogens (tertiary/aromatic N) is 1. The van der Waals surface area contributed by atoms with Gasteiger partial charge in [0.25, 0.3) is 0 Å². The van der Waals surface area contributed by atoms with Gasteiger partial charge in [-0.15, -0.1) is 13.2 Å². The summed E-state index contributed by atoms with van der Waals surface area (Å²) in [5.41, 5.74) is -0.658. The Morgan fingerprint density at radius 1 is 1.28 bits per heavy atom. The summed E-state index contributed by atoms with van der Waals surface area (Å²) in [6, 6.07) is 0. The molecule has 7 heteroatoms. The van der Waals surface area contributed by atoms with E-state index in [4.69, 9.17) is 4.74 Å². The van der Waals surface area contributed by atoms with E-state index in [-0.39, 0.29) is 6.54 Å². The number of halogens is 3. The third-order valence-electron chi connectivity index (χ3n) is 2.33. The molecular formula is C11H18F3NO3.